The molecule has 0 aliphatic carbocycles. The molecule has 1 aromatic carbocycles. The molecule has 1 fully saturated rings. The summed E-state index contributed by atoms with van der Waals surface area (Å²) in [5, 5.41) is 3.56. The standard InChI is InChI=1S/C18H28FNO/c1-14(2)12-20-13-16(11-18-4-3-9-21-18)10-15-5-7-17(19)8-6-15/h5-8,14,16,18,20H,3-4,9-13H2,1-2H3. The Bertz CT molecular complexity index is 398. The minimum absolute atomic E-state index is 0.160. The summed E-state index contributed by atoms with van der Waals surface area (Å²) in [6.07, 6.45) is 4.88. The van der Waals surface area contributed by atoms with E-state index >= 15 is 0 Å². The van der Waals surface area contributed by atoms with Crippen LogP contribution < -0.4 is 5.32 Å². The van der Waals surface area contributed by atoms with Crippen LogP contribution in [0, 0.1) is 17.7 Å². The van der Waals surface area contributed by atoms with E-state index in [1.165, 1.54) is 18.4 Å². The van der Waals surface area contributed by atoms with Gasteiger partial charge in [0, 0.05) is 6.61 Å². The maximum atomic E-state index is 13.0. The van der Waals surface area contributed by atoms with Gasteiger partial charge in [-0.05, 0) is 68.3 Å². The molecule has 0 spiro atoms. The Morgan fingerprint density at radius 1 is 1.24 bits per heavy atom. The molecule has 21 heavy (non-hydrogen) atoms. The molecule has 1 N–H and O–H groups in total. The Balaban J connectivity index is 1.88. The van der Waals surface area contributed by atoms with E-state index < -0.39 is 0 Å². The first-order valence-corrected chi connectivity index (χ1v) is 8.20. The second kappa shape index (κ2) is 8.50. The third-order valence-corrected chi connectivity index (χ3v) is 4.04. The molecule has 1 aliphatic rings. The SMILES string of the molecule is CC(C)CNCC(Cc1ccc(F)cc1)CC1CCCO1. The molecule has 0 bridgehead atoms. The zero-order valence-electron chi connectivity index (χ0n) is 13.3. The predicted octanol–water partition coefficient (Wildman–Crippen LogP) is 3.80. The fraction of sp³-hybridized carbons (Fsp3) is 0.667. The molecule has 118 valence electrons. The van der Waals surface area contributed by atoms with Crippen LogP contribution >= 0.6 is 0 Å². The predicted molar refractivity (Wildman–Crippen MR) is 84.9 cm³/mol. The first-order chi connectivity index (χ1) is 10.1. The van der Waals surface area contributed by atoms with Crippen molar-refractivity contribution in [3.05, 3.63) is 35.6 Å². The van der Waals surface area contributed by atoms with Crippen LogP contribution in [0.25, 0.3) is 0 Å². The highest BCUT2D eigenvalue weighted by atomic mass is 19.1. The highest BCUT2D eigenvalue weighted by molar-refractivity contribution is 5.16. The number of hydrogen-bond acceptors (Lipinski definition) is 2. The molecule has 1 heterocycles. The van der Waals surface area contributed by atoms with Gasteiger partial charge in [0.15, 0.2) is 0 Å². The minimum atomic E-state index is -0.160. The number of hydrogen-bond donors (Lipinski definition) is 1. The van der Waals surface area contributed by atoms with Crippen LogP contribution in [0.4, 0.5) is 4.39 Å². The zero-order valence-corrected chi connectivity index (χ0v) is 13.3. The summed E-state index contributed by atoms with van der Waals surface area (Å²) in [7, 11) is 0. The summed E-state index contributed by atoms with van der Waals surface area (Å²) >= 11 is 0. The van der Waals surface area contributed by atoms with Gasteiger partial charge in [0.05, 0.1) is 6.10 Å². The number of ether oxygens (including phenoxy) is 1. The highest BCUT2D eigenvalue weighted by Crippen LogP contribution is 2.22. The maximum absolute atomic E-state index is 13.0. The van der Waals surface area contributed by atoms with Gasteiger partial charge in [-0.2, -0.15) is 0 Å². The van der Waals surface area contributed by atoms with Crippen LogP contribution in [-0.4, -0.2) is 25.8 Å². The second-order valence-corrected chi connectivity index (χ2v) is 6.62. The summed E-state index contributed by atoms with van der Waals surface area (Å²) < 4.78 is 18.8. The molecule has 2 unspecified atom stereocenters. The minimum Gasteiger partial charge on any atom is -0.378 e. The van der Waals surface area contributed by atoms with Crippen LogP contribution in [0.15, 0.2) is 24.3 Å². The van der Waals surface area contributed by atoms with E-state index in [-0.39, 0.29) is 5.82 Å². The molecular weight excluding hydrogens is 265 g/mol. The van der Waals surface area contributed by atoms with E-state index in [2.05, 4.69) is 19.2 Å². The van der Waals surface area contributed by atoms with Gasteiger partial charge >= 0.3 is 0 Å². The molecule has 2 atom stereocenters. The number of benzene rings is 1. The van der Waals surface area contributed by atoms with Gasteiger partial charge in [-0.15, -0.1) is 0 Å². The van der Waals surface area contributed by atoms with Gasteiger partial charge in [0.2, 0.25) is 0 Å². The number of rotatable bonds is 8. The second-order valence-electron chi connectivity index (χ2n) is 6.62. The fourth-order valence-electron chi connectivity index (χ4n) is 2.97. The fourth-order valence-corrected chi connectivity index (χ4v) is 2.97. The van der Waals surface area contributed by atoms with Gasteiger partial charge in [0.1, 0.15) is 5.82 Å². The van der Waals surface area contributed by atoms with E-state index in [1.807, 2.05) is 12.1 Å². The quantitative estimate of drug-likeness (QED) is 0.787. The summed E-state index contributed by atoms with van der Waals surface area (Å²) in [6, 6.07) is 6.92. The molecule has 0 radical (unpaired) electrons. The first kappa shape index (κ1) is 16.4. The average Bonchev–Trinajstić information content (AvgIpc) is 2.94. The number of nitrogens with one attached hydrogen (secondary N) is 1. The van der Waals surface area contributed by atoms with E-state index in [0.29, 0.717) is 17.9 Å². The van der Waals surface area contributed by atoms with Crippen molar-refractivity contribution in [2.75, 3.05) is 19.7 Å². The Labute approximate surface area is 128 Å². The Kier molecular flexibility index (Phi) is 6.65. The van der Waals surface area contributed by atoms with Gasteiger partial charge in [-0.3, -0.25) is 0 Å². The molecule has 1 aromatic rings. The van der Waals surface area contributed by atoms with Gasteiger partial charge < -0.3 is 10.1 Å². The molecule has 1 aliphatic heterocycles. The lowest BCUT2D eigenvalue weighted by atomic mass is 9.92. The van der Waals surface area contributed by atoms with Gasteiger partial charge in [0.25, 0.3) is 0 Å². The normalized spacial score (nSPS) is 20.1. The third-order valence-electron chi connectivity index (χ3n) is 4.04. The van der Waals surface area contributed by atoms with Crippen LogP contribution in [-0.2, 0) is 11.2 Å². The Morgan fingerprint density at radius 2 is 2.00 bits per heavy atom. The lowest BCUT2D eigenvalue weighted by Gasteiger charge is -2.21. The average molecular weight is 293 g/mol. The van der Waals surface area contributed by atoms with Crippen LogP contribution in [0.5, 0.6) is 0 Å². The van der Waals surface area contributed by atoms with Crippen molar-refractivity contribution in [1.82, 2.24) is 5.32 Å². The van der Waals surface area contributed by atoms with Crippen molar-refractivity contribution in [3.63, 3.8) is 0 Å². The Hall–Kier alpha value is -0.930. The molecule has 3 heteroatoms. The van der Waals surface area contributed by atoms with Gasteiger partial charge in [-0.1, -0.05) is 26.0 Å². The van der Waals surface area contributed by atoms with Crippen LogP contribution in [0.2, 0.25) is 0 Å². The molecule has 0 aromatic heterocycles. The van der Waals surface area contributed by atoms with Crippen LogP contribution in [0.1, 0.15) is 38.7 Å². The van der Waals surface area contributed by atoms with Crippen LogP contribution in [0.3, 0.4) is 0 Å². The van der Waals surface area contributed by atoms with Gasteiger partial charge in [-0.25, -0.2) is 4.39 Å². The maximum Gasteiger partial charge on any atom is 0.123 e. The molecule has 0 saturated carbocycles. The monoisotopic (exact) mass is 293 g/mol. The molecular formula is C18H28FNO. The highest BCUT2D eigenvalue weighted by Gasteiger charge is 2.21. The molecule has 1 saturated heterocycles. The topological polar surface area (TPSA) is 21.3 Å². The molecule has 0 amide bonds. The first-order valence-electron chi connectivity index (χ1n) is 8.20. The van der Waals surface area contributed by atoms with E-state index in [4.69, 9.17) is 4.74 Å². The summed E-state index contributed by atoms with van der Waals surface area (Å²) in [4.78, 5) is 0. The van der Waals surface area contributed by atoms with E-state index in [0.717, 1.165) is 32.5 Å². The van der Waals surface area contributed by atoms with E-state index in [1.54, 1.807) is 12.1 Å². The van der Waals surface area contributed by atoms with Crippen molar-refractivity contribution in [2.45, 2.75) is 45.6 Å². The van der Waals surface area contributed by atoms with Crippen molar-refractivity contribution < 1.29 is 9.13 Å². The lowest BCUT2D eigenvalue weighted by Crippen LogP contribution is -2.29. The zero-order chi connectivity index (χ0) is 15.1. The summed E-state index contributed by atoms with van der Waals surface area (Å²) in [6.45, 7) is 7.42. The van der Waals surface area contributed by atoms with E-state index in [9.17, 15) is 4.39 Å². The summed E-state index contributed by atoms with van der Waals surface area (Å²) in [5.41, 5.74) is 1.21. The lowest BCUT2D eigenvalue weighted by molar-refractivity contribution is 0.0891. The third kappa shape index (κ3) is 6.15. The largest absolute Gasteiger partial charge is 0.378 e. The van der Waals surface area contributed by atoms with Crippen molar-refractivity contribution >= 4 is 0 Å². The molecule has 2 rings (SSSR count). The van der Waals surface area contributed by atoms with Crippen molar-refractivity contribution in [2.24, 2.45) is 11.8 Å². The van der Waals surface area contributed by atoms with Crippen molar-refractivity contribution in [1.29, 1.82) is 0 Å². The molecule has 2 nitrogen and oxygen atoms in total. The smallest absolute Gasteiger partial charge is 0.123 e. The Morgan fingerprint density at radius 3 is 2.62 bits per heavy atom. The number of halogens is 1. The van der Waals surface area contributed by atoms with Crippen molar-refractivity contribution in [3.8, 4) is 0 Å². The summed E-state index contributed by atoms with van der Waals surface area (Å²) in [5.74, 6) is 1.06.